The summed E-state index contributed by atoms with van der Waals surface area (Å²) in [5, 5.41) is 0. The summed E-state index contributed by atoms with van der Waals surface area (Å²) in [5.74, 6) is 0. The summed E-state index contributed by atoms with van der Waals surface area (Å²) in [5.41, 5.74) is 0. The average molecular weight is 161 g/mol. The van der Waals surface area contributed by atoms with Gasteiger partial charge in [0.1, 0.15) is 0 Å². The lowest BCUT2D eigenvalue weighted by atomic mass is 12.0. The Hall–Kier alpha value is 0.260. The van der Waals surface area contributed by atoms with Crippen molar-refractivity contribution in [1.29, 1.82) is 0 Å². The van der Waals surface area contributed by atoms with Gasteiger partial charge in [0.25, 0.3) is 0 Å². The fourth-order valence-electron chi connectivity index (χ4n) is 0. The van der Waals surface area contributed by atoms with E-state index in [-0.39, 0.29) is 0 Å². The van der Waals surface area contributed by atoms with Gasteiger partial charge in [-0.15, -0.1) is 0 Å². The van der Waals surface area contributed by atoms with E-state index in [1.807, 2.05) is 0 Å². The first-order valence-corrected chi connectivity index (χ1v) is 5.67. The summed E-state index contributed by atoms with van der Waals surface area (Å²) in [4.78, 5) is 24.0. The highest BCUT2D eigenvalue weighted by Crippen LogP contribution is 2.50. The first-order valence-electron chi connectivity index (χ1n) is 1.52. The second kappa shape index (κ2) is 1.89. The van der Waals surface area contributed by atoms with Gasteiger partial charge >= 0.3 is 16.6 Å². The number of hydrogen-bond acceptors (Lipinski definition) is 5. The molecule has 0 rings (SSSR count). The molecule has 0 spiro atoms. The largest absolute Gasteiger partial charge is 0.527 e. The number of hydrogen-bond donors (Lipinski definition) is 3. The van der Waals surface area contributed by atoms with Crippen molar-refractivity contribution in [3.8, 4) is 0 Å². The quantitative estimate of drug-likeness (QED) is 0.415. The molecular weight excluding hydrogens is 155 g/mol. The zero-order valence-electron chi connectivity index (χ0n) is 4.01. The number of rotatable bonds is 1. The molecule has 0 bridgehead atoms. The van der Waals surface area contributed by atoms with Crippen LogP contribution in [0.1, 0.15) is 0 Å². The van der Waals surface area contributed by atoms with Gasteiger partial charge in [0.2, 0.25) is 0 Å². The van der Waals surface area contributed by atoms with Gasteiger partial charge < -0.3 is 0 Å². The smallest absolute Gasteiger partial charge is 0.181 e. The van der Waals surface area contributed by atoms with Crippen LogP contribution in [0.25, 0.3) is 0 Å². The van der Waals surface area contributed by atoms with Crippen molar-refractivity contribution in [2.75, 3.05) is 6.26 Å². The van der Waals surface area contributed by atoms with Crippen molar-refractivity contribution in [2.24, 2.45) is 0 Å². The fourth-order valence-corrected chi connectivity index (χ4v) is 0. The molecule has 0 aliphatic carbocycles. The highest BCUT2D eigenvalue weighted by molar-refractivity contribution is 8.51. The van der Waals surface area contributed by atoms with Crippen LogP contribution in [0.3, 0.4) is 0 Å². The van der Waals surface area contributed by atoms with Crippen LogP contribution in [0.5, 0.6) is 0 Å². The van der Waals surface area contributed by atoms with E-state index in [4.69, 9.17) is 14.7 Å². The monoisotopic (exact) mass is 161 g/mol. The van der Waals surface area contributed by atoms with Crippen molar-refractivity contribution < 1.29 is 23.1 Å². The molecule has 0 aromatic carbocycles. The molecule has 0 saturated heterocycles. The van der Waals surface area contributed by atoms with Gasteiger partial charge in [-0.05, 0) is 0 Å². The first kappa shape index (κ1) is 8.26. The Morgan fingerprint density at radius 3 is 1.38 bits per heavy atom. The van der Waals surface area contributed by atoms with Crippen molar-refractivity contribution in [3.05, 3.63) is 0 Å². The molecule has 0 aliphatic rings. The summed E-state index contributed by atoms with van der Waals surface area (Å²) >= 11 is 0. The van der Waals surface area contributed by atoms with E-state index in [0.717, 1.165) is 0 Å². The van der Waals surface area contributed by atoms with Gasteiger partial charge in [0.05, 0.1) is 6.26 Å². The van der Waals surface area contributed by atoms with Crippen molar-refractivity contribution in [2.45, 2.75) is 0 Å². The maximum atomic E-state index is 9.95. The van der Waals surface area contributed by atoms with E-state index in [0.29, 0.717) is 6.26 Å². The molecule has 0 saturated carbocycles. The Kier molecular flexibility index (Phi) is 1.95. The molecule has 7 heteroatoms. The SMILES string of the molecule is CS(=O)(=O)[P+](O)(O)O. The van der Waals surface area contributed by atoms with Crippen LogP contribution in [-0.4, -0.2) is 29.4 Å². The zero-order valence-corrected chi connectivity index (χ0v) is 5.72. The molecule has 5 nitrogen and oxygen atoms in total. The summed E-state index contributed by atoms with van der Waals surface area (Å²) in [6.07, 6.45) is 0.542. The minimum absolute atomic E-state index is 0.542. The molecule has 3 N–H and O–H groups in total. The molecule has 0 amide bonds. The molecule has 0 radical (unpaired) electrons. The van der Waals surface area contributed by atoms with E-state index in [1.165, 1.54) is 0 Å². The van der Waals surface area contributed by atoms with Crippen LogP contribution >= 0.6 is 7.15 Å². The molecule has 0 fully saturated rings. The third-order valence-electron chi connectivity index (χ3n) is 0.445. The van der Waals surface area contributed by atoms with Gasteiger partial charge in [-0.25, -0.2) is 0 Å². The second-order valence-electron chi connectivity index (χ2n) is 1.25. The molecule has 8 heavy (non-hydrogen) atoms. The van der Waals surface area contributed by atoms with Crippen LogP contribution < -0.4 is 0 Å². The topological polar surface area (TPSA) is 94.8 Å². The predicted molar refractivity (Wildman–Crippen MR) is 28.4 cm³/mol. The van der Waals surface area contributed by atoms with Crippen LogP contribution in [0.4, 0.5) is 0 Å². The minimum Gasteiger partial charge on any atom is -0.181 e. The van der Waals surface area contributed by atoms with Gasteiger partial charge in [0.15, 0.2) is 0 Å². The normalized spacial score (nSPS) is 14.0. The maximum absolute atomic E-state index is 9.95. The van der Waals surface area contributed by atoms with E-state index >= 15 is 0 Å². The summed E-state index contributed by atoms with van der Waals surface area (Å²) in [6, 6.07) is 0. The highest BCUT2D eigenvalue weighted by Gasteiger charge is 2.44. The van der Waals surface area contributed by atoms with Gasteiger partial charge in [0, 0.05) is 0 Å². The van der Waals surface area contributed by atoms with E-state index in [9.17, 15) is 8.42 Å². The average Bonchev–Trinajstić information content (AvgIpc) is 1.25. The molecule has 0 heterocycles. The zero-order chi connectivity index (χ0) is 7.00. The summed E-state index contributed by atoms with van der Waals surface area (Å²) < 4.78 is 19.9. The first-order chi connectivity index (χ1) is 3.25. The Bertz CT molecular complexity index is 161. The minimum atomic E-state index is -4.63. The Morgan fingerprint density at radius 2 is 1.38 bits per heavy atom. The Morgan fingerprint density at radius 1 is 1.25 bits per heavy atom. The van der Waals surface area contributed by atoms with Gasteiger partial charge in [-0.3, -0.25) is 0 Å². The maximum Gasteiger partial charge on any atom is 0.527 e. The summed E-state index contributed by atoms with van der Waals surface area (Å²) in [7, 11) is -8.69. The van der Waals surface area contributed by atoms with Gasteiger partial charge in [-0.1, -0.05) is 0 Å². The lowest BCUT2D eigenvalue weighted by Gasteiger charge is -1.96. The van der Waals surface area contributed by atoms with Crippen molar-refractivity contribution >= 4 is 16.6 Å². The van der Waals surface area contributed by atoms with E-state index < -0.39 is 16.6 Å². The molecule has 0 unspecified atom stereocenters. The Labute approximate surface area is 46.8 Å². The fraction of sp³-hybridized carbons (Fsp3) is 1.00. The highest BCUT2D eigenvalue weighted by atomic mass is 32.8. The molecule has 0 aromatic heterocycles. The second-order valence-corrected chi connectivity index (χ2v) is 7.20. The van der Waals surface area contributed by atoms with Crippen LogP contribution in [0.15, 0.2) is 0 Å². The van der Waals surface area contributed by atoms with Gasteiger partial charge in [-0.2, -0.15) is 23.1 Å². The third kappa shape index (κ3) is 2.02. The lowest BCUT2D eigenvalue weighted by molar-refractivity contribution is 0.352. The van der Waals surface area contributed by atoms with Crippen molar-refractivity contribution in [3.63, 3.8) is 0 Å². The predicted octanol–water partition coefficient (Wildman–Crippen LogP) is -1.31. The molecule has 0 aliphatic heterocycles. The molecule has 0 aromatic rings. The van der Waals surface area contributed by atoms with Crippen LogP contribution in [0, 0.1) is 0 Å². The lowest BCUT2D eigenvalue weighted by Crippen LogP contribution is -2.02. The standard InChI is InChI=1S/CH6O5PS/c1-8(5,6)7(2,3)4/h2-4H,1H3/q+1. The van der Waals surface area contributed by atoms with Crippen LogP contribution in [-0.2, 0) is 9.46 Å². The summed E-state index contributed by atoms with van der Waals surface area (Å²) in [6.45, 7) is 0. The molecular formula is CH6O5PS+. The Balaban J connectivity index is 4.53. The molecule has 0 atom stereocenters. The third-order valence-corrected chi connectivity index (χ3v) is 4.00. The van der Waals surface area contributed by atoms with E-state index in [1.54, 1.807) is 0 Å². The van der Waals surface area contributed by atoms with Crippen molar-refractivity contribution in [1.82, 2.24) is 0 Å². The van der Waals surface area contributed by atoms with Crippen LogP contribution in [0.2, 0.25) is 0 Å². The molecule has 50 valence electrons. The van der Waals surface area contributed by atoms with E-state index in [2.05, 4.69) is 0 Å².